The zero-order chi connectivity index (χ0) is 22.9. The van der Waals surface area contributed by atoms with E-state index in [1.165, 1.54) is 18.2 Å². The van der Waals surface area contributed by atoms with E-state index in [1.54, 1.807) is 30.3 Å². The van der Waals surface area contributed by atoms with E-state index in [1.807, 2.05) is 19.0 Å². The molecule has 0 radical (unpaired) electrons. The molecule has 0 fully saturated rings. The summed E-state index contributed by atoms with van der Waals surface area (Å²) >= 11 is 0. The highest BCUT2D eigenvalue weighted by molar-refractivity contribution is 5.35. The first kappa shape index (κ1) is 24.9. The summed E-state index contributed by atoms with van der Waals surface area (Å²) in [5, 5.41) is 0. The lowest BCUT2D eigenvalue weighted by atomic mass is 10.0. The molecule has 2 aromatic carbocycles. The van der Waals surface area contributed by atoms with Crippen molar-refractivity contribution in [1.29, 1.82) is 0 Å². The summed E-state index contributed by atoms with van der Waals surface area (Å²) in [7, 11) is 3.77. The molecule has 0 amide bonds. The standard InChI is InChI=1S/C22H26F5NO3/c1-28(2)14-6-11-20(30-21(23)24)29-19-10-4-3-8-17(19)13-12-16-7-5-9-18(15-16)31-22(25,26)27/h3-5,7-10,15,20-21H,6,11-14H2,1-2H3/t20-/m1/s1. The number of ether oxygens (including phenoxy) is 3. The second kappa shape index (κ2) is 11.9. The third-order valence-corrected chi connectivity index (χ3v) is 4.35. The van der Waals surface area contributed by atoms with Gasteiger partial charge in [-0.25, -0.2) is 0 Å². The molecule has 31 heavy (non-hydrogen) atoms. The predicted octanol–water partition coefficient (Wildman–Crippen LogP) is 5.66. The van der Waals surface area contributed by atoms with Crippen molar-refractivity contribution in [3.05, 3.63) is 59.7 Å². The number of rotatable bonds is 12. The van der Waals surface area contributed by atoms with Crippen molar-refractivity contribution in [2.24, 2.45) is 0 Å². The molecule has 0 bridgehead atoms. The zero-order valence-corrected chi connectivity index (χ0v) is 17.4. The summed E-state index contributed by atoms with van der Waals surface area (Å²) in [5.41, 5.74) is 1.38. The van der Waals surface area contributed by atoms with Crippen LogP contribution in [-0.2, 0) is 17.6 Å². The van der Waals surface area contributed by atoms with E-state index in [9.17, 15) is 22.0 Å². The van der Waals surface area contributed by atoms with Crippen LogP contribution in [0.2, 0.25) is 0 Å². The first-order chi connectivity index (χ1) is 14.6. The van der Waals surface area contributed by atoms with Crippen molar-refractivity contribution in [2.75, 3.05) is 20.6 Å². The van der Waals surface area contributed by atoms with E-state index < -0.39 is 19.3 Å². The molecular weight excluding hydrogens is 421 g/mol. The van der Waals surface area contributed by atoms with Gasteiger partial charge in [0.25, 0.3) is 0 Å². The average Bonchev–Trinajstić information content (AvgIpc) is 2.65. The van der Waals surface area contributed by atoms with Crippen LogP contribution >= 0.6 is 0 Å². The Morgan fingerprint density at radius 2 is 1.71 bits per heavy atom. The third-order valence-electron chi connectivity index (χ3n) is 4.35. The Kier molecular flexibility index (Phi) is 9.51. The Morgan fingerprint density at radius 1 is 0.968 bits per heavy atom. The molecule has 0 heterocycles. The van der Waals surface area contributed by atoms with Crippen molar-refractivity contribution in [2.45, 2.75) is 44.9 Å². The molecule has 0 spiro atoms. The number of para-hydroxylation sites is 1. The van der Waals surface area contributed by atoms with Gasteiger partial charge in [0.1, 0.15) is 11.5 Å². The van der Waals surface area contributed by atoms with Crippen molar-refractivity contribution in [1.82, 2.24) is 4.90 Å². The molecule has 2 rings (SSSR count). The van der Waals surface area contributed by atoms with Crippen molar-refractivity contribution >= 4 is 0 Å². The van der Waals surface area contributed by atoms with Crippen LogP contribution in [-0.4, -0.2) is 44.8 Å². The number of benzene rings is 2. The van der Waals surface area contributed by atoms with E-state index >= 15 is 0 Å². The number of halogens is 5. The number of nitrogens with zero attached hydrogens (tertiary/aromatic N) is 1. The van der Waals surface area contributed by atoms with Gasteiger partial charge in [-0.3, -0.25) is 4.74 Å². The maximum atomic E-state index is 12.8. The molecule has 0 aliphatic carbocycles. The Balaban J connectivity index is 2.04. The minimum Gasteiger partial charge on any atom is -0.464 e. The van der Waals surface area contributed by atoms with E-state index in [2.05, 4.69) is 9.47 Å². The Hall–Kier alpha value is -2.39. The fourth-order valence-electron chi connectivity index (χ4n) is 2.99. The van der Waals surface area contributed by atoms with E-state index in [0.717, 1.165) is 5.56 Å². The van der Waals surface area contributed by atoms with Crippen LogP contribution in [0.3, 0.4) is 0 Å². The molecule has 0 aliphatic heterocycles. The van der Waals surface area contributed by atoms with Crippen LogP contribution in [0.5, 0.6) is 11.5 Å². The van der Waals surface area contributed by atoms with Gasteiger partial charge in [0.2, 0.25) is 6.29 Å². The molecule has 0 aliphatic rings. The van der Waals surface area contributed by atoms with E-state index in [4.69, 9.17) is 4.74 Å². The third kappa shape index (κ3) is 9.97. The molecule has 0 unspecified atom stereocenters. The molecule has 4 nitrogen and oxygen atoms in total. The fourth-order valence-corrected chi connectivity index (χ4v) is 2.99. The molecule has 0 saturated heterocycles. The van der Waals surface area contributed by atoms with Crippen LogP contribution < -0.4 is 9.47 Å². The first-order valence-electron chi connectivity index (χ1n) is 9.80. The maximum absolute atomic E-state index is 12.8. The van der Waals surface area contributed by atoms with Gasteiger partial charge >= 0.3 is 13.0 Å². The number of hydrogen-bond donors (Lipinski definition) is 0. The van der Waals surface area contributed by atoms with Gasteiger partial charge in [-0.05, 0) is 69.2 Å². The number of alkyl halides is 5. The van der Waals surface area contributed by atoms with Crippen LogP contribution in [0, 0.1) is 0 Å². The number of hydrogen-bond acceptors (Lipinski definition) is 4. The molecule has 1 atom stereocenters. The van der Waals surface area contributed by atoms with Gasteiger partial charge in [0.15, 0.2) is 0 Å². The van der Waals surface area contributed by atoms with Crippen molar-refractivity contribution < 1.29 is 36.2 Å². The molecule has 0 saturated carbocycles. The van der Waals surface area contributed by atoms with Crippen LogP contribution in [0.1, 0.15) is 24.0 Å². The number of aryl methyl sites for hydroxylation is 2. The minimum atomic E-state index is -4.76. The maximum Gasteiger partial charge on any atom is 0.573 e. The largest absolute Gasteiger partial charge is 0.573 e. The monoisotopic (exact) mass is 447 g/mol. The average molecular weight is 447 g/mol. The van der Waals surface area contributed by atoms with Gasteiger partial charge < -0.3 is 14.4 Å². The molecular formula is C22H26F5NO3. The highest BCUT2D eigenvalue weighted by atomic mass is 19.4. The zero-order valence-electron chi connectivity index (χ0n) is 17.4. The molecule has 0 N–H and O–H groups in total. The van der Waals surface area contributed by atoms with Gasteiger partial charge in [-0.1, -0.05) is 30.3 Å². The summed E-state index contributed by atoms with van der Waals surface area (Å²) in [6, 6.07) is 12.7. The Labute approximate surface area is 178 Å². The molecule has 9 heteroatoms. The SMILES string of the molecule is CN(C)CCC[C@H](Oc1ccccc1CCc1cccc(OC(F)(F)F)c1)OC(F)F. The quantitative estimate of drug-likeness (QED) is 0.311. The summed E-state index contributed by atoms with van der Waals surface area (Å²) in [6.45, 7) is -2.27. The van der Waals surface area contributed by atoms with Crippen molar-refractivity contribution in [3.63, 3.8) is 0 Å². The Morgan fingerprint density at radius 3 is 2.39 bits per heavy atom. The van der Waals surface area contributed by atoms with Crippen LogP contribution in [0.4, 0.5) is 22.0 Å². The van der Waals surface area contributed by atoms with Gasteiger partial charge in [-0.15, -0.1) is 13.2 Å². The van der Waals surface area contributed by atoms with Gasteiger partial charge in [0, 0.05) is 6.42 Å². The lowest BCUT2D eigenvalue weighted by Gasteiger charge is -2.21. The van der Waals surface area contributed by atoms with E-state index in [0.29, 0.717) is 37.1 Å². The Bertz CT molecular complexity index is 799. The van der Waals surface area contributed by atoms with Crippen LogP contribution in [0.15, 0.2) is 48.5 Å². The first-order valence-corrected chi connectivity index (χ1v) is 9.80. The highest BCUT2D eigenvalue weighted by Crippen LogP contribution is 2.26. The van der Waals surface area contributed by atoms with Crippen LogP contribution in [0.25, 0.3) is 0 Å². The second-order valence-electron chi connectivity index (χ2n) is 7.19. The lowest BCUT2D eigenvalue weighted by molar-refractivity contribution is -0.274. The smallest absolute Gasteiger partial charge is 0.464 e. The predicted molar refractivity (Wildman–Crippen MR) is 106 cm³/mol. The molecule has 2 aromatic rings. The summed E-state index contributed by atoms with van der Waals surface area (Å²) < 4.78 is 77.1. The van der Waals surface area contributed by atoms with E-state index in [-0.39, 0.29) is 12.2 Å². The second-order valence-corrected chi connectivity index (χ2v) is 7.19. The lowest BCUT2D eigenvalue weighted by Crippen LogP contribution is -2.25. The van der Waals surface area contributed by atoms with Gasteiger partial charge in [0.05, 0.1) is 0 Å². The highest BCUT2D eigenvalue weighted by Gasteiger charge is 2.31. The topological polar surface area (TPSA) is 30.9 Å². The summed E-state index contributed by atoms with van der Waals surface area (Å²) in [5.74, 6) is 0.113. The molecule has 0 aromatic heterocycles. The van der Waals surface area contributed by atoms with Gasteiger partial charge in [-0.2, -0.15) is 8.78 Å². The fraction of sp³-hybridized carbons (Fsp3) is 0.455. The molecule has 172 valence electrons. The minimum absolute atomic E-state index is 0.285. The van der Waals surface area contributed by atoms with Crippen molar-refractivity contribution in [3.8, 4) is 11.5 Å². The summed E-state index contributed by atoms with van der Waals surface area (Å²) in [6.07, 6.45) is -4.12. The normalized spacial score (nSPS) is 12.9. The summed E-state index contributed by atoms with van der Waals surface area (Å²) in [4.78, 5) is 1.93.